The molecule has 0 unspecified atom stereocenters. The summed E-state index contributed by atoms with van der Waals surface area (Å²) in [6.07, 6.45) is 1.53. The van der Waals surface area contributed by atoms with Gasteiger partial charge < -0.3 is 14.6 Å². The van der Waals surface area contributed by atoms with Crippen LogP contribution in [0, 0.1) is 0 Å². The minimum absolute atomic E-state index is 0.0180. The molecule has 0 heterocycles. The van der Waals surface area contributed by atoms with E-state index in [9.17, 15) is 9.90 Å². The van der Waals surface area contributed by atoms with E-state index in [4.69, 9.17) is 9.47 Å². The number of hydrogen-bond acceptors (Lipinski definition) is 5. The SMILES string of the molecule is COc1ccc2ccc(OC)c(/C=N/NC(=O)c3cccc(O)c3)c2c1. The zero-order chi connectivity index (χ0) is 18.5. The number of nitrogens with one attached hydrogen (secondary N) is 1. The quantitative estimate of drug-likeness (QED) is 0.546. The van der Waals surface area contributed by atoms with Crippen LogP contribution in [-0.2, 0) is 0 Å². The number of benzene rings is 3. The fourth-order valence-corrected chi connectivity index (χ4v) is 2.61. The van der Waals surface area contributed by atoms with Crippen LogP contribution in [-0.4, -0.2) is 31.4 Å². The lowest BCUT2D eigenvalue weighted by molar-refractivity contribution is 0.0954. The van der Waals surface area contributed by atoms with Gasteiger partial charge in [0.2, 0.25) is 0 Å². The van der Waals surface area contributed by atoms with Gasteiger partial charge in [-0.05, 0) is 47.2 Å². The molecule has 6 nitrogen and oxygen atoms in total. The number of fused-ring (bicyclic) bond motifs is 1. The highest BCUT2D eigenvalue weighted by Crippen LogP contribution is 2.29. The molecule has 2 N–H and O–H groups in total. The van der Waals surface area contributed by atoms with Gasteiger partial charge in [-0.3, -0.25) is 4.79 Å². The van der Waals surface area contributed by atoms with Crippen LogP contribution in [0.3, 0.4) is 0 Å². The molecule has 0 saturated carbocycles. The van der Waals surface area contributed by atoms with E-state index in [1.807, 2.05) is 30.3 Å². The van der Waals surface area contributed by atoms with Crippen LogP contribution in [0.25, 0.3) is 10.8 Å². The van der Waals surface area contributed by atoms with E-state index in [1.165, 1.54) is 18.3 Å². The van der Waals surface area contributed by atoms with Crippen molar-refractivity contribution in [3.63, 3.8) is 0 Å². The minimum atomic E-state index is -0.422. The molecule has 6 heteroatoms. The molecule has 3 aromatic rings. The van der Waals surface area contributed by atoms with Gasteiger partial charge in [0.25, 0.3) is 5.91 Å². The van der Waals surface area contributed by atoms with Crippen molar-refractivity contribution in [1.29, 1.82) is 0 Å². The average Bonchev–Trinajstić information content (AvgIpc) is 2.67. The van der Waals surface area contributed by atoms with E-state index >= 15 is 0 Å². The maximum Gasteiger partial charge on any atom is 0.271 e. The van der Waals surface area contributed by atoms with Gasteiger partial charge in [0.15, 0.2) is 0 Å². The summed E-state index contributed by atoms with van der Waals surface area (Å²) >= 11 is 0. The maximum absolute atomic E-state index is 12.1. The lowest BCUT2D eigenvalue weighted by atomic mass is 10.0. The summed E-state index contributed by atoms with van der Waals surface area (Å²) in [6, 6.07) is 15.5. The number of phenols is 1. The first kappa shape index (κ1) is 17.3. The summed E-state index contributed by atoms with van der Waals surface area (Å²) < 4.78 is 10.7. The highest BCUT2D eigenvalue weighted by Gasteiger charge is 2.09. The molecule has 3 rings (SSSR count). The molecule has 0 aromatic heterocycles. The molecule has 0 radical (unpaired) electrons. The standard InChI is InChI=1S/C20H18N2O4/c1-25-16-8-6-13-7-9-19(26-2)18(17(13)11-16)12-21-22-20(24)14-4-3-5-15(23)10-14/h3-12,23H,1-2H3,(H,22,24)/b21-12+. The molecular formula is C20H18N2O4. The Morgan fingerprint density at radius 1 is 1.08 bits per heavy atom. The summed E-state index contributed by atoms with van der Waals surface area (Å²) in [4.78, 5) is 12.1. The third kappa shape index (κ3) is 3.59. The van der Waals surface area contributed by atoms with E-state index in [0.29, 0.717) is 17.1 Å². The van der Waals surface area contributed by atoms with Crippen molar-refractivity contribution in [3.05, 3.63) is 65.7 Å². The van der Waals surface area contributed by atoms with Crippen LogP contribution < -0.4 is 14.9 Å². The largest absolute Gasteiger partial charge is 0.508 e. The molecule has 0 fully saturated rings. The number of phenolic OH excluding ortho intramolecular Hbond substituents is 1. The number of nitrogens with zero attached hydrogens (tertiary/aromatic N) is 1. The second-order valence-corrected chi connectivity index (χ2v) is 5.52. The Hall–Kier alpha value is -3.54. The van der Waals surface area contributed by atoms with Gasteiger partial charge in [0.05, 0.1) is 20.4 Å². The normalized spacial score (nSPS) is 10.8. The number of aromatic hydroxyl groups is 1. The Bertz CT molecular complexity index is 977. The van der Waals surface area contributed by atoms with Gasteiger partial charge in [-0.15, -0.1) is 0 Å². The van der Waals surface area contributed by atoms with Crippen molar-refractivity contribution in [2.24, 2.45) is 5.10 Å². The van der Waals surface area contributed by atoms with E-state index in [1.54, 1.807) is 26.4 Å². The molecule has 0 atom stereocenters. The second-order valence-electron chi connectivity index (χ2n) is 5.52. The van der Waals surface area contributed by atoms with Crippen LogP contribution in [0.15, 0.2) is 59.7 Å². The number of hydrazone groups is 1. The Morgan fingerprint density at radius 2 is 1.88 bits per heavy atom. The zero-order valence-electron chi connectivity index (χ0n) is 14.4. The fourth-order valence-electron chi connectivity index (χ4n) is 2.61. The van der Waals surface area contributed by atoms with Crippen LogP contribution in [0.2, 0.25) is 0 Å². The van der Waals surface area contributed by atoms with E-state index in [-0.39, 0.29) is 5.75 Å². The first-order valence-electron chi connectivity index (χ1n) is 7.89. The molecule has 1 amide bonds. The van der Waals surface area contributed by atoms with Crippen LogP contribution in [0.5, 0.6) is 17.2 Å². The highest BCUT2D eigenvalue weighted by molar-refractivity contribution is 6.03. The van der Waals surface area contributed by atoms with Crippen molar-refractivity contribution in [3.8, 4) is 17.2 Å². The predicted octanol–water partition coefficient (Wildman–Crippen LogP) is 3.33. The third-order valence-corrected chi connectivity index (χ3v) is 3.92. The summed E-state index contributed by atoms with van der Waals surface area (Å²) in [5, 5.41) is 15.4. The van der Waals surface area contributed by atoms with Crippen molar-refractivity contribution < 1.29 is 19.4 Å². The maximum atomic E-state index is 12.1. The lowest BCUT2D eigenvalue weighted by Crippen LogP contribution is -2.17. The summed E-state index contributed by atoms with van der Waals surface area (Å²) in [6.45, 7) is 0. The summed E-state index contributed by atoms with van der Waals surface area (Å²) in [5.74, 6) is 0.934. The molecule has 3 aromatic carbocycles. The van der Waals surface area contributed by atoms with Crippen molar-refractivity contribution >= 4 is 22.9 Å². The second kappa shape index (κ2) is 7.57. The van der Waals surface area contributed by atoms with E-state index in [2.05, 4.69) is 10.5 Å². The van der Waals surface area contributed by atoms with Crippen molar-refractivity contribution in [1.82, 2.24) is 5.43 Å². The van der Waals surface area contributed by atoms with E-state index < -0.39 is 5.91 Å². The van der Waals surface area contributed by atoms with Crippen molar-refractivity contribution in [2.45, 2.75) is 0 Å². The molecule has 132 valence electrons. The number of carbonyl (C=O) groups is 1. The number of ether oxygens (including phenoxy) is 2. The number of methoxy groups -OCH3 is 2. The van der Waals surface area contributed by atoms with Gasteiger partial charge in [-0.25, -0.2) is 5.43 Å². The Labute approximate surface area is 150 Å². The first-order valence-corrected chi connectivity index (χ1v) is 7.89. The molecule has 0 bridgehead atoms. The Morgan fingerprint density at radius 3 is 2.62 bits per heavy atom. The third-order valence-electron chi connectivity index (χ3n) is 3.92. The molecule has 26 heavy (non-hydrogen) atoms. The number of hydrogen-bond donors (Lipinski definition) is 2. The summed E-state index contributed by atoms with van der Waals surface area (Å²) in [5.41, 5.74) is 3.49. The molecule has 0 saturated heterocycles. The smallest absolute Gasteiger partial charge is 0.271 e. The van der Waals surface area contributed by atoms with Crippen LogP contribution in [0.4, 0.5) is 0 Å². The average molecular weight is 350 g/mol. The Kier molecular flexibility index (Phi) is 5.03. The van der Waals surface area contributed by atoms with Crippen LogP contribution in [0.1, 0.15) is 15.9 Å². The first-order chi connectivity index (χ1) is 12.6. The Balaban J connectivity index is 1.91. The monoisotopic (exact) mass is 350 g/mol. The molecular weight excluding hydrogens is 332 g/mol. The topological polar surface area (TPSA) is 80.2 Å². The summed E-state index contributed by atoms with van der Waals surface area (Å²) in [7, 11) is 3.18. The predicted molar refractivity (Wildman–Crippen MR) is 100 cm³/mol. The van der Waals surface area contributed by atoms with Gasteiger partial charge in [-0.1, -0.05) is 18.2 Å². The number of carbonyl (C=O) groups excluding carboxylic acids is 1. The molecule has 0 aliphatic heterocycles. The number of amides is 1. The molecule has 0 aliphatic rings. The van der Waals surface area contributed by atoms with Gasteiger partial charge in [0, 0.05) is 11.1 Å². The highest BCUT2D eigenvalue weighted by atomic mass is 16.5. The fraction of sp³-hybridized carbons (Fsp3) is 0.100. The lowest BCUT2D eigenvalue weighted by Gasteiger charge is -2.10. The number of rotatable bonds is 5. The molecule has 0 spiro atoms. The van der Waals surface area contributed by atoms with Crippen molar-refractivity contribution in [2.75, 3.05) is 14.2 Å². The van der Waals surface area contributed by atoms with Gasteiger partial charge in [0.1, 0.15) is 17.2 Å². The van der Waals surface area contributed by atoms with E-state index in [0.717, 1.165) is 16.3 Å². The zero-order valence-corrected chi connectivity index (χ0v) is 14.4. The van der Waals surface area contributed by atoms with Gasteiger partial charge >= 0.3 is 0 Å². The molecule has 0 aliphatic carbocycles. The minimum Gasteiger partial charge on any atom is -0.508 e. The van der Waals surface area contributed by atoms with Gasteiger partial charge in [-0.2, -0.15) is 5.10 Å². The van der Waals surface area contributed by atoms with Crippen LogP contribution >= 0.6 is 0 Å².